The number of sulfonamides is 1. The summed E-state index contributed by atoms with van der Waals surface area (Å²) in [5.74, 6) is -2.01. The summed E-state index contributed by atoms with van der Waals surface area (Å²) >= 11 is 5.86. The van der Waals surface area contributed by atoms with E-state index in [0.717, 1.165) is 34.8 Å². The molecule has 0 aliphatic rings. The van der Waals surface area contributed by atoms with Crippen molar-refractivity contribution in [2.45, 2.75) is 31.2 Å². The lowest BCUT2D eigenvalue weighted by molar-refractivity contribution is 0.385. The molecule has 1 N–H and O–H groups in total. The van der Waals surface area contributed by atoms with Gasteiger partial charge >= 0.3 is 0 Å². The van der Waals surface area contributed by atoms with Crippen LogP contribution in [0, 0.1) is 11.6 Å². The largest absolute Gasteiger partial charge is 0.480 e. The molecule has 0 spiro atoms. The first-order valence-corrected chi connectivity index (χ1v) is 12.1. The lowest BCUT2D eigenvalue weighted by Gasteiger charge is -2.14. The highest BCUT2D eigenvalue weighted by Crippen LogP contribution is 2.29. The van der Waals surface area contributed by atoms with Crippen molar-refractivity contribution in [3.8, 4) is 5.88 Å². The first kappa shape index (κ1) is 23.8. The van der Waals surface area contributed by atoms with E-state index in [-0.39, 0.29) is 34.2 Å². The van der Waals surface area contributed by atoms with E-state index in [0.29, 0.717) is 6.54 Å². The third kappa shape index (κ3) is 4.66. The quantitative estimate of drug-likeness (QED) is 0.380. The van der Waals surface area contributed by atoms with Gasteiger partial charge in [0.05, 0.1) is 29.5 Å². The molecule has 0 aliphatic heterocycles. The van der Waals surface area contributed by atoms with E-state index in [4.69, 9.17) is 16.3 Å². The minimum atomic E-state index is -4.33. The molecule has 3 heterocycles. The average Bonchev–Trinajstić information content (AvgIpc) is 3.23. The fraction of sp³-hybridized carbons (Fsp3) is 0.227. The molecule has 0 saturated carbocycles. The normalized spacial score (nSPS) is 11.7. The average molecular weight is 508 g/mol. The number of nitrogens with zero attached hydrogens (tertiary/aromatic N) is 4. The molecule has 4 aromatic rings. The lowest BCUT2D eigenvalue weighted by atomic mass is 10.0. The second kappa shape index (κ2) is 9.51. The number of rotatable bonds is 8. The number of anilines is 1. The molecule has 0 saturated heterocycles. The molecule has 34 heavy (non-hydrogen) atoms. The monoisotopic (exact) mass is 507 g/mol. The number of nitrogens with one attached hydrogen (secondary N) is 1. The van der Waals surface area contributed by atoms with Gasteiger partial charge < -0.3 is 4.74 Å². The van der Waals surface area contributed by atoms with Crippen molar-refractivity contribution in [2.75, 3.05) is 11.8 Å². The molecule has 0 unspecified atom stereocenters. The summed E-state index contributed by atoms with van der Waals surface area (Å²) in [6.45, 7) is 2.61. The van der Waals surface area contributed by atoms with Crippen LogP contribution in [0.4, 0.5) is 14.5 Å². The van der Waals surface area contributed by atoms with Crippen molar-refractivity contribution in [3.63, 3.8) is 0 Å². The van der Waals surface area contributed by atoms with Gasteiger partial charge in [-0.2, -0.15) is 5.10 Å². The molecule has 0 aliphatic carbocycles. The van der Waals surface area contributed by atoms with E-state index in [1.807, 2.05) is 13.0 Å². The van der Waals surface area contributed by atoms with Crippen LogP contribution in [0.3, 0.4) is 0 Å². The van der Waals surface area contributed by atoms with Gasteiger partial charge in [0.25, 0.3) is 10.0 Å². The Kier molecular flexibility index (Phi) is 6.67. The maximum atomic E-state index is 15.2. The van der Waals surface area contributed by atoms with E-state index in [1.54, 1.807) is 17.1 Å². The van der Waals surface area contributed by atoms with Crippen molar-refractivity contribution >= 4 is 38.3 Å². The van der Waals surface area contributed by atoms with Crippen molar-refractivity contribution in [1.82, 2.24) is 19.7 Å². The van der Waals surface area contributed by atoms with Gasteiger partial charge in [0, 0.05) is 24.5 Å². The van der Waals surface area contributed by atoms with Crippen LogP contribution in [0.2, 0.25) is 5.02 Å². The molecule has 178 valence electrons. The van der Waals surface area contributed by atoms with Crippen molar-refractivity contribution in [1.29, 1.82) is 0 Å². The van der Waals surface area contributed by atoms with Crippen molar-refractivity contribution in [3.05, 3.63) is 70.6 Å². The predicted molar refractivity (Wildman–Crippen MR) is 124 cm³/mol. The van der Waals surface area contributed by atoms with E-state index in [2.05, 4.69) is 19.8 Å². The van der Waals surface area contributed by atoms with Gasteiger partial charge in [-0.25, -0.2) is 22.2 Å². The third-order valence-electron chi connectivity index (χ3n) is 5.21. The molecule has 0 fully saturated rings. The minimum absolute atomic E-state index is 0.0112. The SMILES string of the molecule is CCn1ncc2ncc(CCc3c(F)ccc(NS(=O)(=O)c4cc(Cl)cnc4OC)c3F)cc21. The first-order chi connectivity index (χ1) is 16.2. The second-order valence-electron chi connectivity index (χ2n) is 7.36. The molecule has 1 aromatic carbocycles. The Hall–Kier alpha value is -3.31. The highest BCUT2D eigenvalue weighted by atomic mass is 35.5. The molecular formula is C22H20ClF2N5O3S. The third-order valence-corrected chi connectivity index (χ3v) is 6.78. The van der Waals surface area contributed by atoms with Gasteiger partial charge in [0.15, 0.2) is 10.7 Å². The zero-order valence-corrected chi connectivity index (χ0v) is 19.8. The highest BCUT2D eigenvalue weighted by Gasteiger charge is 2.24. The Morgan fingerprint density at radius 3 is 2.65 bits per heavy atom. The Morgan fingerprint density at radius 2 is 1.91 bits per heavy atom. The number of pyridine rings is 2. The van der Waals surface area contributed by atoms with Crippen LogP contribution in [0.15, 0.2) is 47.8 Å². The zero-order valence-electron chi connectivity index (χ0n) is 18.2. The van der Waals surface area contributed by atoms with Crippen LogP contribution < -0.4 is 9.46 Å². The molecule has 12 heteroatoms. The number of benzene rings is 1. The zero-order chi connectivity index (χ0) is 24.5. The number of hydrogen-bond donors (Lipinski definition) is 1. The summed E-state index contributed by atoms with van der Waals surface area (Å²) in [6, 6.07) is 5.03. The van der Waals surface area contributed by atoms with Crippen molar-refractivity contribution < 1.29 is 21.9 Å². The van der Waals surface area contributed by atoms with E-state index < -0.39 is 27.3 Å². The molecule has 0 atom stereocenters. The smallest absolute Gasteiger partial charge is 0.267 e. The number of ether oxygens (including phenoxy) is 1. The summed E-state index contributed by atoms with van der Waals surface area (Å²) in [4.78, 5) is 7.78. The number of aryl methyl sites for hydroxylation is 2. The molecular weight excluding hydrogens is 488 g/mol. The van der Waals surface area contributed by atoms with Gasteiger partial charge in [-0.1, -0.05) is 11.6 Å². The molecule has 0 radical (unpaired) electrons. The van der Waals surface area contributed by atoms with Gasteiger partial charge in [-0.15, -0.1) is 0 Å². The molecule has 8 nitrogen and oxygen atoms in total. The molecule has 3 aromatic heterocycles. The van der Waals surface area contributed by atoms with E-state index >= 15 is 4.39 Å². The number of halogens is 3. The number of methoxy groups -OCH3 is 1. The van der Waals surface area contributed by atoms with Gasteiger partial charge in [0.2, 0.25) is 5.88 Å². The highest BCUT2D eigenvalue weighted by molar-refractivity contribution is 7.92. The Balaban J connectivity index is 1.61. The van der Waals surface area contributed by atoms with Crippen LogP contribution in [0.5, 0.6) is 5.88 Å². The number of fused-ring (bicyclic) bond motifs is 1. The minimum Gasteiger partial charge on any atom is -0.480 e. The summed E-state index contributed by atoms with van der Waals surface area (Å²) in [5.41, 5.74) is 1.66. The fourth-order valence-electron chi connectivity index (χ4n) is 3.52. The van der Waals surface area contributed by atoms with E-state index in [9.17, 15) is 12.8 Å². The molecule has 4 rings (SSSR count). The summed E-state index contributed by atoms with van der Waals surface area (Å²) in [5, 5.41) is 4.29. The summed E-state index contributed by atoms with van der Waals surface area (Å²) < 4.78 is 64.3. The summed E-state index contributed by atoms with van der Waals surface area (Å²) in [7, 11) is -3.09. The van der Waals surface area contributed by atoms with Crippen LogP contribution in [0.25, 0.3) is 11.0 Å². The van der Waals surface area contributed by atoms with Gasteiger partial charge in [-0.3, -0.25) is 14.4 Å². The maximum absolute atomic E-state index is 15.2. The van der Waals surface area contributed by atoms with Crippen LogP contribution in [-0.2, 0) is 29.4 Å². The lowest BCUT2D eigenvalue weighted by Crippen LogP contribution is -2.16. The number of aromatic nitrogens is 4. The Labute approximate surface area is 199 Å². The molecule has 0 bridgehead atoms. The Bertz CT molecular complexity index is 1480. The van der Waals surface area contributed by atoms with E-state index in [1.165, 1.54) is 13.3 Å². The Morgan fingerprint density at radius 1 is 1.12 bits per heavy atom. The van der Waals surface area contributed by atoms with Gasteiger partial charge in [0.1, 0.15) is 11.3 Å². The maximum Gasteiger partial charge on any atom is 0.267 e. The first-order valence-electron chi connectivity index (χ1n) is 10.2. The van der Waals surface area contributed by atoms with Gasteiger partial charge in [-0.05, 0) is 49.6 Å². The topological polar surface area (TPSA) is 99.0 Å². The number of hydrogen-bond acceptors (Lipinski definition) is 6. The van der Waals surface area contributed by atoms with Crippen LogP contribution in [-0.4, -0.2) is 35.3 Å². The fourth-order valence-corrected chi connectivity index (χ4v) is 4.94. The van der Waals surface area contributed by atoms with Crippen LogP contribution in [0.1, 0.15) is 18.1 Å². The standard InChI is InChI=1S/C22H20ClF2N5O3S/c1-3-30-19-8-13(10-26-18(19)12-28-30)4-5-15-16(24)6-7-17(21(15)25)29-34(31,32)20-9-14(23)11-27-22(20)33-2/h6-12,29H,3-5H2,1-2H3. The van der Waals surface area contributed by atoms with Crippen molar-refractivity contribution in [2.24, 2.45) is 0 Å². The predicted octanol–water partition coefficient (Wildman–Crippen LogP) is 4.37. The molecule has 0 amide bonds. The van der Waals surface area contributed by atoms with Crippen LogP contribution >= 0.6 is 11.6 Å². The summed E-state index contributed by atoms with van der Waals surface area (Å²) in [6.07, 6.45) is 4.78. The second-order valence-corrected chi connectivity index (χ2v) is 9.45.